The molecule has 2 aromatic rings. The third-order valence-corrected chi connectivity index (χ3v) is 3.44. The van der Waals surface area contributed by atoms with Crippen LogP contribution in [-0.4, -0.2) is 18.2 Å². The molecule has 21 heavy (non-hydrogen) atoms. The van der Waals surface area contributed by atoms with Crippen molar-refractivity contribution in [1.29, 1.82) is 0 Å². The first-order chi connectivity index (χ1) is 10.1. The lowest BCUT2D eigenvalue weighted by molar-refractivity contribution is -0.139. The topological polar surface area (TPSA) is 58.6 Å². The molecule has 0 spiro atoms. The molecule has 0 aliphatic rings. The SMILES string of the molecule is COc1ccccc1CNC(C(=O)O)c1ccccc1C. The van der Waals surface area contributed by atoms with E-state index in [9.17, 15) is 9.90 Å². The number of hydrogen-bond donors (Lipinski definition) is 2. The predicted octanol–water partition coefficient (Wildman–Crippen LogP) is 2.92. The molecule has 4 heteroatoms. The number of nitrogens with one attached hydrogen (secondary N) is 1. The lowest BCUT2D eigenvalue weighted by Crippen LogP contribution is -2.28. The summed E-state index contributed by atoms with van der Waals surface area (Å²) in [5.41, 5.74) is 2.66. The second kappa shape index (κ2) is 6.90. The average Bonchev–Trinajstić information content (AvgIpc) is 2.49. The Kier molecular flexibility index (Phi) is 4.95. The molecule has 0 heterocycles. The quantitative estimate of drug-likeness (QED) is 0.856. The van der Waals surface area contributed by atoms with Crippen molar-refractivity contribution in [3.05, 3.63) is 65.2 Å². The molecule has 0 saturated carbocycles. The van der Waals surface area contributed by atoms with E-state index in [1.54, 1.807) is 7.11 Å². The Balaban J connectivity index is 2.18. The average molecular weight is 285 g/mol. The number of hydrogen-bond acceptors (Lipinski definition) is 3. The summed E-state index contributed by atoms with van der Waals surface area (Å²) in [5, 5.41) is 12.5. The summed E-state index contributed by atoms with van der Waals surface area (Å²) in [6.07, 6.45) is 0. The maximum Gasteiger partial charge on any atom is 0.325 e. The van der Waals surface area contributed by atoms with Gasteiger partial charge >= 0.3 is 5.97 Å². The largest absolute Gasteiger partial charge is 0.496 e. The van der Waals surface area contributed by atoms with Crippen LogP contribution in [-0.2, 0) is 11.3 Å². The number of carboxylic acids is 1. The van der Waals surface area contributed by atoms with Gasteiger partial charge in [-0.3, -0.25) is 10.1 Å². The molecule has 0 aromatic heterocycles. The summed E-state index contributed by atoms with van der Waals surface area (Å²) in [6, 6.07) is 14.3. The summed E-state index contributed by atoms with van der Waals surface area (Å²) in [7, 11) is 1.61. The standard InChI is InChI=1S/C17H19NO3/c1-12-7-3-5-9-14(12)16(17(19)20)18-11-13-8-4-6-10-15(13)21-2/h3-10,16,18H,11H2,1-2H3,(H,19,20). The highest BCUT2D eigenvalue weighted by molar-refractivity contribution is 5.76. The van der Waals surface area contributed by atoms with Gasteiger partial charge in [0.15, 0.2) is 0 Å². The van der Waals surface area contributed by atoms with E-state index in [4.69, 9.17) is 4.74 Å². The van der Waals surface area contributed by atoms with E-state index in [-0.39, 0.29) is 0 Å². The Morgan fingerprint density at radius 1 is 1.19 bits per heavy atom. The molecule has 1 unspecified atom stereocenters. The van der Waals surface area contributed by atoms with Gasteiger partial charge in [0.25, 0.3) is 0 Å². The fourth-order valence-electron chi connectivity index (χ4n) is 2.30. The van der Waals surface area contributed by atoms with Crippen LogP contribution >= 0.6 is 0 Å². The zero-order valence-electron chi connectivity index (χ0n) is 12.2. The normalized spacial score (nSPS) is 11.9. The van der Waals surface area contributed by atoms with E-state index in [0.717, 1.165) is 22.4 Å². The van der Waals surface area contributed by atoms with Gasteiger partial charge in [-0.15, -0.1) is 0 Å². The minimum absolute atomic E-state index is 0.426. The van der Waals surface area contributed by atoms with Gasteiger partial charge < -0.3 is 9.84 Å². The Labute approximate surface area is 124 Å². The minimum Gasteiger partial charge on any atom is -0.496 e. The van der Waals surface area contributed by atoms with Gasteiger partial charge in [0, 0.05) is 12.1 Å². The predicted molar refractivity (Wildman–Crippen MR) is 81.4 cm³/mol. The van der Waals surface area contributed by atoms with Gasteiger partial charge in [0.1, 0.15) is 11.8 Å². The van der Waals surface area contributed by atoms with E-state index >= 15 is 0 Å². The smallest absolute Gasteiger partial charge is 0.325 e. The van der Waals surface area contributed by atoms with Gasteiger partial charge in [0.05, 0.1) is 7.11 Å². The maximum absolute atomic E-state index is 11.5. The lowest BCUT2D eigenvalue weighted by Gasteiger charge is -2.18. The van der Waals surface area contributed by atoms with Gasteiger partial charge in [-0.25, -0.2) is 0 Å². The number of carbonyl (C=O) groups is 1. The van der Waals surface area contributed by atoms with E-state index in [1.165, 1.54) is 0 Å². The van der Waals surface area contributed by atoms with Crippen molar-refractivity contribution in [1.82, 2.24) is 5.32 Å². The molecule has 4 nitrogen and oxygen atoms in total. The maximum atomic E-state index is 11.5. The van der Waals surface area contributed by atoms with Gasteiger partial charge in [-0.05, 0) is 24.1 Å². The number of rotatable bonds is 6. The van der Waals surface area contributed by atoms with Crippen LogP contribution in [0.5, 0.6) is 5.75 Å². The van der Waals surface area contributed by atoms with Crippen LogP contribution in [0.25, 0.3) is 0 Å². The number of aryl methyl sites for hydroxylation is 1. The highest BCUT2D eigenvalue weighted by Crippen LogP contribution is 2.21. The van der Waals surface area contributed by atoms with Crippen LogP contribution in [0.1, 0.15) is 22.7 Å². The molecule has 0 saturated heterocycles. The minimum atomic E-state index is -0.890. The second-order valence-corrected chi connectivity index (χ2v) is 4.82. The number of carboxylic acid groups (broad SMARTS) is 1. The molecule has 2 aromatic carbocycles. The Morgan fingerprint density at radius 3 is 2.52 bits per heavy atom. The van der Waals surface area contributed by atoms with Crippen LogP contribution in [0.3, 0.4) is 0 Å². The van der Waals surface area contributed by atoms with E-state index < -0.39 is 12.0 Å². The molecule has 2 N–H and O–H groups in total. The monoisotopic (exact) mass is 285 g/mol. The highest BCUT2D eigenvalue weighted by atomic mass is 16.5. The first-order valence-corrected chi connectivity index (χ1v) is 6.77. The van der Waals surface area contributed by atoms with Crippen LogP contribution in [0, 0.1) is 6.92 Å². The zero-order chi connectivity index (χ0) is 15.2. The number of ether oxygens (including phenoxy) is 1. The van der Waals surface area contributed by atoms with Crippen molar-refractivity contribution in [2.45, 2.75) is 19.5 Å². The Morgan fingerprint density at radius 2 is 1.86 bits per heavy atom. The van der Waals surface area contributed by atoms with Crippen LogP contribution in [0.4, 0.5) is 0 Å². The lowest BCUT2D eigenvalue weighted by atomic mass is 10.0. The number of methoxy groups -OCH3 is 1. The zero-order valence-corrected chi connectivity index (χ0v) is 12.2. The third-order valence-electron chi connectivity index (χ3n) is 3.44. The van der Waals surface area contributed by atoms with Crippen molar-refractivity contribution >= 4 is 5.97 Å². The molecule has 110 valence electrons. The van der Waals surface area contributed by atoms with Crippen molar-refractivity contribution in [2.24, 2.45) is 0 Å². The Hall–Kier alpha value is -2.33. The highest BCUT2D eigenvalue weighted by Gasteiger charge is 2.21. The van der Waals surface area contributed by atoms with Crippen molar-refractivity contribution in [2.75, 3.05) is 7.11 Å². The number of benzene rings is 2. The van der Waals surface area contributed by atoms with Crippen molar-refractivity contribution < 1.29 is 14.6 Å². The number of aliphatic carboxylic acids is 1. The summed E-state index contributed by atoms with van der Waals surface area (Å²) in [6.45, 7) is 2.34. The molecule has 0 radical (unpaired) electrons. The van der Waals surface area contributed by atoms with Gasteiger partial charge in [0.2, 0.25) is 0 Å². The molecule has 0 amide bonds. The van der Waals surface area contributed by atoms with Crippen LogP contribution < -0.4 is 10.1 Å². The van der Waals surface area contributed by atoms with Crippen molar-refractivity contribution in [3.63, 3.8) is 0 Å². The Bertz CT molecular complexity index is 625. The molecule has 0 fully saturated rings. The fourth-order valence-corrected chi connectivity index (χ4v) is 2.30. The van der Waals surface area contributed by atoms with E-state index in [2.05, 4.69) is 5.32 Å². The molecule has 0 aliphatic carbocycles. The summed E-state index contributed by atoms with van der Waals surface area (Å²) in [5.74, 6) is -0.141. The molecule has 0 aliphatic heterocycles. The molecular weight excluding hydrogens is 266 g/mol. The van der Waals surface area contributed by atoms with E-state index in [1.807, 2.05) is 55.5 Å². The number of para-hydroxylation sites is 1. The first kappa shape index (κ1) is 15.1. The van der Waals surface area contributed by atoms with Crippen LogP contribution in [0.2, 0.25) is 0 Å². The molecule has 2 rings (SSSR count). The molecular formula is C17H19NO3. The third kappa shape index (κ3) is 3.61. The fraction of sp³-hybridized carbons (Fsp3) is 0.235. The molecule has 0 bridgehead atoms. The summed E-state index contributed by atoms with van der Waals surface area (Å²) in [4.78, 5) is 11.5. The van der Waals surface area contributed by atoms with Gasteiger partial charge in [-0.1, -0.05) is 42.5 Å². The first-order valence-electron chi connectivity index (χ1n) is 6.77. The van der Waals surface area contributed by atoms with Crippen LogP contribution in [0.15, 0.2) is 48.5 Å². The summed E-state index contributed by atoms with van der Waals surface area (Å²) >= 11 is 0. The van der Waals surface area contributed by atoms with Crippen molar-refractivity contribution in [3.8, 4) is 5.75 Å². The van der Waals surface area contributed by atoms with Gasteiger partial charge in [-0.2, -0.15) is 0 Å². The molecule has 1 atom stereocenters. The second-order valence-electron chi connectivity index (χ2n) is 4.82. The van der Waals surface area contributed by atoms with E-state index in [0.29, 0.717) is 6.54 Å². The summed E-state index contributed by atoms with van der Waals surface area (Å²) < 4.78 is 5.28.